The molecule has 0 saturated carbocycles. The third-order valence-corrected chi connectivity index (χ3v) is 5.05. The molecule has 146 valence electrons. The summed E-state index contributed by atoms with van der Waals surface area (Å²) >= 11 is 6.22. The minimum Gasteiger partial charge on any atom is -0.332 e. The van der Waals surface area contributed by atoms with Crippen molar-refractivity contribution in [3.05, 3.63) is 47.2 Å². The number of aryl methyl sites for hydroxylation is 1. The summed E-state index contributed by atoms with van der Waals surface area (Å²) in [6.45, 7) is 0.530. The number of para-hydroxylation sites is 1. The molecule has 2 unspecified atom stereocenters. The molecule has 1 aromatic carbocycles. The van der Waals surface area contributed by atoms with E-state index in [2.05, 4.69) is 10.4 Å². The van der Waals surface area contributed by atoms with Crippen LogP contribution in [0.1, 0.15) is 18.0 Å². The minimum atomic E-state index is -0.545. The quantitative estimate of drug-likeness (QED) is 0.816. The van der Waals surface area contributed by atoms with E-state index in [0.29, 0.717) is 23.7 Å². The Morgan fingerprint density at radius 3 is 2.70 bits per heavy atom. The summed E-state index contributed by atoms with van der Waals surface area (Å²) in [5, 5.41) is 7.66. The van der Waals surface area contributed by atoms with Gasteiger partial charge in [0.1, 0.15) is 12.1 Å². The van der Waals surface area contributed by atoms with Crippen molar-refractivity contribution in [1.29, 1.82) is 0 Å². The maximum absolute atomic E-state index is 13.0. The van der Waals surface area contributed by atoms with Crippen molar-refractivity contribution in [3.8, 4) is 0 Å². The smallest absolute Gasteiger partial charge is 0.249 e. The van der Waals surface area contributed by atoms with E-state index < -0.39 is 12.1 Å². The maximum atomic E-state index is 13.0. The van der Waals surface area contributed by atoms with Gasteiger partial charge in [0.05, 0.1) is 16.9 Å². The fourth-order valence-corrected chi connectivity index (χ4v) is 3.55. The first-order chi connectivity index (χ1) is 12.4. The molecule has 1 fully saturated rings. The molecule has 9 heteroatoms. The number of nitrogens with one attached hydrogen (secondary N) is 1. The Labute approximate surface area is 169 Å². The van der Waals surface area contributed by atoms with Gasteiger partial charge in [-0.1, -0.05) is 23.7 Å². The molecule has 0 spiro atoms. The number of hydrogen-bond acceptors (Lipinski definition) is 4. The number of nitrogens with zero attached hydrogens (tertiary/aromatic N) is 4. The Morgan fingerprint density at radius 2 is 2.11 bits per heavy atom. The summed E-state index contributed by atoms with van der Waals surface area (Å²) in [5.74, 6) is -0.283. The van der Waals surface area contributed by atoms with Crippen LogP contribution in [0.25, 0.3) is 0 Å². The van der Waals surface area contributed by atoms with Crippen LogP contribution in [0.4, 0.5) is 5.69 Å². The second-order valence-electron chi connectivity index (χ2n) is 6.36. The van der Waals surface area contributed by atoms with Gasteiger partial charge in [-0.05, 0) is 25.6 Å². The number of aromatic nitrogens is 2. The van der Waals surface area contributed by atoms with Gasteiger partial charge in [0, 0.05) is 32.4 Å². The molecular formula is C18H23Cl2N5O2. The van der Waals surface area contributed by atoms with Gasteiger partial charge in [0.2, 0.25) is 11.8 Å². The molecule has 1 N–H and O–H groups in total. The Morgan fingerprint density at radius 1 is 1.41 bits per heavy atom. The van der Waals surface area contributed by atoms with E-state index in [9.17, 15) is 9.59 Å². The Balaban J connectivity index is 0.00000261. The predicted molar refractivity (Wildman–Crippen MR) is 107 cm³/mol. The summed E-state index contributed by atoms with van der Waals surface area (Å²) in [4.78, 5) is 29.0. The number of likely N-dealkylation sites (N-methyl/N-ethyl adjacent to an activating group) is 2. The first-order valence-corrected chi connectivity index (χ1v) is 8.80. The summed E-state index contributed by atoms with van der Waals surface area (Å²) in [6, 6.07) is 6.19. The van der Waals surface area contributed by atoms with E-state index in [4.69, 9.17) is 11.6 Å². The van der Waals surface area contributed by atoms with Gasteiger partial charge in [-0.3, -0.25) is 14.3 Å². The molecule has 3 rings (SSSR count). The molecule has 7 nitrogen and oxygen atoms in total. The standard InChI is InChI=1S/C18H22ClN5O2.ClH/c1-20-16(12-10-21-22(2)11-12)18(26)23(3)15-8-9-24(17(15)25)14-7-5-4-6-13(14)19;/h4-7,10-11,15-16,20H,8-9H2,1-3H3;1H. The SMILES string of the molecule is CNC(C(=O)N(C)C1CCN(c2ccccc2Cl)C1=O)c1cnn(C)c1.Cl. The van der Waals surface area contributed by atoms with Crippen LogP contribution in [0.5, 0.6) is 0 Å². The number of anilines is 1. The van der Waals surface area contributed by atoms with Gasteiger partial charge >= 0.3 is 0 Å². The first kappa shape index (κ1) is 21.2. The highest BCUT2D eigenvalue weighted by molar-refractivity contribution is 6.34. The third kappa shape index (κ3) is 4.10. The predicted octanol–water partition coefficient (Wildman–Crippen LogP) is 2.02. The number of benzene rings is 1. The fourth-order valence-electron chi connectivity index (χ4n) is 3.31. The molecule has 0 radical (unpaired) electrons. The van der Waals surface area contributed by atoms with Crippen molar-refractivity contribution >= 4 is 41.5 Å². The van der Waals surface area contributed by atoms with Crippen LogP contribution in [0.15, 0.2) is 36.7 Å². The first-order valence-electron chi connectivity index (χ1n) is 8.42. The number of carbonyl (C=O) groups is 2. The molecule has 1 aliphatic heterocycles. The van der Waals surface area contributed by atoms with Crippen LogP contribution in [-0.2, 0) is 16.6 Å². The van der Waals surface area contributed by atoms with E-state index in [1.165, 1.54) is 4.90 Å². The van der Waals surface area contributed by atoms with Crippen LogP contribution in [0, 0.1) is 0 Å². The summed E-state index contributed by atoms with van der Waals surface area (Å²) in [5.41, 5.74) is 1.44. The molecular weight excluding hydrogens is 389 g/mol. The molecule has 0 bridgehead atoms. The normalized spacial score (nSPS) is 17.6. The summed E-state index contributed by atoms with van der Waals surface area (Å²) < 4.78 is 1.65. The van der Waals surface area contributed by atoms with E-state index in [1.807, 2.05) is 18.2 Å². The van der Waals surface area contributed by atoms with Crippen LogP contribution in [0.3, 0.4) is 0 Å². The van der Waals surface area contributed by atoms with Crippen LogP contribution in [-0.4, -0.2) is 53.2 Å². The van der Waals surface area contributed by atoms with Crippen LogP contribution in [0.2, 0.25) is 5.02 Å². The highest BCUT2D eigenvalue weighted by atomic mass is 35.5. The van der Waals surface area contributed by atoms with Gasteiger partial charge in [-0.2, -0.15) is 5.10 Å². The van der Waals surface area contributed by atoms with Gasteiger partial charge in [0.25, 0.3) is 0 Å². The minimum absolute atomic E-state index is 0. The average molecular weight is 412 g/mol. The van der Waals surface area contributed by atoms with Gasteiger partial charge in [0.15, 0.2) is 0 Å². The van der Waals surface area contributed by atoms with Gasteiger partial charge in [-0.15, -0.1) is 12.4 Å². The largest absolute Gasteiger partial charge is 0.332 e. The number of carbonyl (C=O) groups excluding carboxylic acids is 2. The lowest BCUT2D eigenvalue weighted by atomic mass is 10.1. The monoisotopic (exact) mass is 411 g/mol. The number of halogens is 2. The molecule has 1 saturated heterocycles. The zero-order valence-corrected chi connectivity index (χ0v) is 17.0. The van der Waals surface area contributed by atoms with Crippen molar-refractivity contribution in [2.24, 2.45) is 7.05 Å². The lowest BCUT2D eigenvalue weighted by molar-refractivity contribution is -0.138. The maximum Gasteiger partial charge on any atom is 0.249 e. The molecule has 27 heavy (non-hydrogen) atoms. The van der Waals surface area contributed by atoms with Crippen LogP contribution >= 0.6 is 24.0 Å². The molecule has 2 atom stereocenters. The fraction of sp³-hybridized carbons (Fsp3) is 0.389. The van der Waals surface area contributed by atoms with Crippen LogP contribution < -0.4 is 10.2 Å². The summed E-state index contributed by atoms with van der Waals surface area (Å²) in [6.07, 6.45) is 4.01. The molecule has 2 heterocycles. The number of rotatable bonds is 5. The Hall–Kier alpha value is -2.09. The average Bonchev–Trinajstić information content (AvgIpc) is 3.21. The van der Waals surface area contributed by atoms with Crippen molar-refractivity contribution in [1.82, 2.24) is 20.0 Å². The van der Waals surface area contributed by atoms with Crippen molar-refractivity contribution in [3.63, 3.8) is 0 Å². The van der Waals surface area contributed by atoms with Crippen molar-refractivity contribution in [2.45, 2.75) is 18.5 Å². The third-order valence-electron chi connectivity index (χ3n) is 4.73. The topological polar surface area (TPSA) is 70.5 Å². The molecule has 1 aromatic heterocycles. The van der Waals surface area contributed by atoms with E-state index in [-0.39, 0.29) is 24.2 Å². The molecule has 1 aliphatic rings. The molecule has 2 amide bonds. The highest BCUT2D eigenvalue weighted by Gasteiger charge is 2.39. The molecule has 0 aliphatic carbocycles. The Bertz CT molecular complexity index is 826. The zero-order valence-electron chi connectivity index (χ0n) is 15.4. The summed E-state index contributed by atoms with van der Waals surface area (Å²) in [7, 11) is 5.18. The molecule has 2 aromatic rings. The second-order valence-corrected chi connectivity index (χ2v) is 6.77. The second kappa shape index (κ2) is 8.73. The number of amides is 2. The van der Waals surface area contributed by atoms with E-state index in [1.54, 1.807) is 49.2 Å². The van der Waals surface area contributed by atoms with Gasteiger partial charge in [-0.25, -0.2) is 0 Å². The Kier molecular flexibility index (Phi) is 6.86. The van der Waals surface area contributed by atoms with Gasteiger partial charge < -0.3 is 15.1 Å². The zero-order chi connectivity index (χ0) is 18.8. The highest BCUT2D eigenvalue weighted by Crippen LogP contribution is 2.30. The van der Waals surface area contributed by atoms with E-state index >= 15 is 0 Å². The lowest BCUT2D eigenvalue weighted by Gasteiger charge is -2.27. The lowest BCUT2D eigenvalue weighted by Crippen LogP contribution is -2.47. The van der Waals surface area contributed by atoms with Crippen molar-refractivity contribution < 1.29 is 9.59 Å². The number of hydrogen-bond donors (Lipinski definition) is 1. The van der Waals surface area contributed by atoms with Crippen molar-refractivity contribution in [2.75, 3.05) is 25.5 Å². The van der Waals surface area contributed by atoms with E-state index in [0.717, 1.165) is 5.56 Å².